The van der Waals surface area contributed by atoms with Crippen LogP contribution in [-0.4, -0.2) is 4.98 Å². The molecule has 3 heteroatoms. The molecule has 0 atom stereocenters. The molecule has 0 aliphatic carbocycles. The molecule has 17 heavy (non-hydrogen) atoms. The lowest BCUT2D eigenvalue weighted by atomic mass is 10.0. The molecule has 3 aromatic rings. The number of hydrogen-bond acceptors (Lipinski definition) is 3. The second-order valence-electron chi connectivity index (χ2n) is 3.94. The van der Waals surface area contributed by atoms with Crippen LogP contribution in [0.5, 0.6) is 0 Å². The molecule has 1 aromatic heterocycles. The van der Waals surface area contributed by atoms with Crippen molar-refractivity contribution in [3.05, 3.63) is 53.5 Å². The van der Waals surface area contributed by atoms with Crippen molar-refractivity contribution in [2.75, 3.05) is 0 Å². The van der Waals surface area contributed by atoms with Gasteiger partial charge in [-0.3, -0.25) is 0 Å². The fourth-order valence-electron chi connectivity index (χ4n) is 1.87. The Kier molecular flexibility index (Phi) is 2.63. The van der Waals surface area contributed by atoms with Gasteiger partial charge in [-0.25, -0.2) is 4.98 Å². The van der Waals surface area contributed by atoms with Crippen molar-refractivity contribution in [1.82, 2.24) is 4.98 Å². The van der Waals surface area contributed by atoms with Gasteiger partial charge in [0, 0.05) is 6.54 Å². The quantitative estimate of drug-likeness (QED) is 0.745. The Morgan fingerprint density at radius 1 is 1.00 bits per heavy atom. The van der Waals surface area contributed by atoms with E-state index >= 15 is 0 Å². The van der Waals surface area contributed by atoms with Crippen LogP contribution in [0.25, 0.3) is 21.3 Å². The van der Waals surface area contributed by atoms with Crippen LogP contribution in [0.15, 0.2) is 48.0 Å². The fraction of sp³-hybridized carbons (Fsp3) is 0.0714. The summed E-state index contributed by atoms with van der Waals surface area (Å²) in [5.74, 6) is 0. The van der Waals surface area contributed by atoms with Gasteiger partial charge in [-0.2, -0.15) is 0 Å². The van der Waals surface area contributed by atoms with Crippen molar-refractivity contribution < 1.29 is 0 Å². The lowest BCUT2D eigenvalue weighted by Gasteiger charge is -2.03. The average molecular weight is 240 g/mol. The van der Waals surface area contributed by atoms with E-state index in [0.29, 0.717) is 6.54 Å². The van der Waals surface area contributed by atoms with E-state index in [1.54, 1.807) is 11.3 Å². The molecule has 1 heterocycles. The number of nitrogens with two attached hydrogens (primary N) is 1. The van der Waals surface area contributed by atoms with E-state index in [-0.39, 0.29) is 0 Å². The van der Waals surface area contributed by atoms with Crippen molar-refractivity contribution >= 4 is 21.6 Å². The summed E-state index contributed by atoms with van der Waals surface area (Å²) in [6, 6.07) is 14.7. The molecule has 2 aromatic carbocycles. The normalized spacial score (nSPS) is 10.9. The molecule has 0 aliphatic rings. The Hall–Kier alpha value is -1.71. The highest BCUT2D eigenvalue weighted by Gasteiger charge is 2.01. The van der Waals surface area contributed by atoms with Crippen LogP contribution < -0.4 is 5.73 Å². The molecule has 0 saturated heterocycles. The number of thiazole rings is 1. The summed E-state index contributed by atoms with van der Waals surface area (Å²) >= 11 is 1.67. The van der Waals surface area contributed by atoms with Gasteiger partial charge in [0.25, 0.3) is 0 Å². The van der Waals surface area contributed by atoms with Gasteiger partial charge < -0.3 is 5.73 Å². The topological polar surface area (TPSA) is 38.9 Å². The van der Waals surface area contributed by atoms with Gasteiger partial charge in [-0.15, -0.1) is 11.3 Å². The summed E-state index contributed by atoms with van der Waals surface area (Å²) in [4.78, 5) is 4.28. The van der Waals surface area contributed by atoms with Crippen molar-refractivity contribution in [2.45, 2.75) is 6.54 Å². The Morgan fingerprint density at radius 3 is 2.53 bits per heavy atom. The molecule has 0 fully saturated rings. The van der Waals surface area contributed by atoms with E-state index in [1.165, 1.54) is 15.8 Å². The van der Waals surface area contributed by atoms with Crippen LogP contribution in [0.2, 0.25) is 0 Å². The first-order valence-electron chi connectivity index (χ1n) is 5.49. The van der Waals surface area contributed by atoms with E-state index in [0.717, 1.165) is 11.1 Å². The van der Waals surface area contributed by atoms with Crippen molar-refractivity contribution in [2.24, 2.45) is 5.73 Å². The molecule has 0 radical (unpaired) electrons. The van der Waals surface area contributed by atoms with Crippen molar-refractivity contribution in [3.8, 4) is 11.1 Å². The van der Waals surface area contributed by atoms with Crippen LogP contribution in [0.1, 0.15) is 5.56 Å². The van der Waals surface area contributed by atoms with E-state index in [4.69, 9.17) is 5.73 Å². The third kappa shape index (κ3) is 1.95. The Morgan fingerprint density at radius 2 is 1.76 bits per heavy atom. The minimum absolute atomic E-state index is 0.591. The average Bonchev–Trinajstić information content (AvgIpc) is 2.86. The smallest absolute Gasteiger partial charge is 0.0812 e. The number of rotatable bonds is 2. The zero-order valence-electron chi connectivity index (χ0n) is 9.26. The maximum Gasteiger partial charge on any atom is 0.0812 e. The molecule has 3 rings (SSSR count). The van der Waals surface area contributed by atoms with E-state index in [2.05, 4.69) is 47.4 Å². The standard InChI is InChI=1S/C14H12N2S/c15-8-10-1-3-11(4-2-10)12-5-6-13-14(7-12)17-9-16-13/h1-7,9H,8,15H2. The van der Waals surface area contributed by atoms with Crippen LogP contribution in [-0.2, 0) is 6.54 Å². The Balaban J connectivity index is 2.06. The van der Waals surface area contributed by atoms with Gasteiger partial charge in [0.05, 0.1) is 15.7 Å². The highest BCUT2D eigenvalue weighted by Crippen LogP contribution is 2.26. The molecule has 0 bridgehead atoms. The predicted octanol–water partition coefficient (Wildman–Crippen LogP) is 3.42. The molecular weight excluding hydrogens is 228 g/mol. The second kappa shape index (κ2) is 4.28. The number of hydrogen-bond donors (Lipinski definition) is 1. The number of aromatic nitrogens is 1. The maximum atomic E-state index is 5.59. The van der Waals surface area contributed by atoms with Gasteiger partial charge in [0.2, 0.25) is 0 Å². The molecule has 0 unspecified atom stereocenters. The first-order valence-corrected chi connectivity index (χ1v) is 6.37. The number of fused-ring (bicyclic) bond motifs is 1. The van der Waals surface area contributed by atoms with Crippen LogP contribution in [0.3, 0.4) is 0 Å². The van der Waals surface area contributed by atoms with Gasteiger partial charge in [0.15, 0.2) is 0 Å². The second-order valence-corrected chi connectivity index (χ2v) is 4.82. The van der Waals surface area contributed by atoms with Gasteiger partial charge in [0.1, 0.15) is 0 Å². The minimum Gasteiger partial charge on any atom is -0.326 e. The molecule has 2 N–H and O–H groups in total. The monoisotopic (exact) mass is 240 g/mol. The predicted molar refractivity (Wildman–Crippen MR) is 72.9 cm³/mol. The number of benzene rings is 2. The molecule has 84 valence electrons. The maximum absolute atomic E-state index is 5.59. The summed E-state index contributed by atoms with van der Waals surface area (Å²) in [6.45, 7) is 0.591. The molecule has 0 saturated carbocycles. The highest BCUT2D eigenvalue weighted by molar-refractivity contribution is 7.16. The molecule has 0 spiro atoms. The van der Waals surface area contributed by atoms with Crippen LogP contribution in [0.4, 0.5) is 0 Å². The summed E-state index contributed by atoms with van der Waals surface area (Å²) in [6.07, 6.45) is 0. The summed E-state index contributed by atoms with van der Waals surface area (Å²) in [5.41, 5.74) is 12.1. The van der Waals surface area contributed by atoms with Crippen LogP contribution in [0, 0.1) is 0 Å². The SMILES string of the molecule is NCc1ccc(-c2ccc3ncsc3c2)cc1. The molecular formula is C14H12N2S. The molecule has 0 amide bonds. The van der Waals surface area contributed by atoms with Gasteiger partial charge >= 0.3 is 0 Å². The van der Waals surface area contributed by atoms with E-state index in [9.17, 15) is 0 Å². The van der Waals surface area contributed by atoms with Gasteiger partial charge in [-0.1, -0.05) is 30.3 Å². The first-order chi connectivity index (χ1) is 8.36. The van der Waals surface area contributed by atoms with Crippen molar-refractivity contribution in [3.63, 3.8) is 0 Å². The third-order valence-corrected chi connectivity index (χ3v) is 3.65. The highest BCUT2D eigenvalue weighted by atomic mass is 32.1. The number of nitrogens with zero attached hydrogens (tertiary/aromatic N) is 1. The zero-order valence-corrected chi connectivity index (χ0v) is 10.1. The Bertz CT molecular complexity index is 641. The Labute approximate surface area is 104 Å². The van der Waals surface area contributed by atoms with Gasteiger partial charge in [-0.05, 0) is 28.8 Å². The summed E-state index contributed by atoms with van der Waals surface area (Å²) < 4.78 is 1.23. The van der Waals surface area contributed by atoms with Crippen LogP contribution >= 0.6 is 11.3 Å². The zero-order chi connectivity index (χ0) is 11.7. The summed E-state index contributed by atoms with van der Waals surface area (Å²) in [5, 5.41) is 0. The first kappa shape index (κ1) is 10.4. The van der Waals surface area contributed by atoms with E-state index in [1.807, 2.05) is 5.51 Å². The van der Waals surface area contributed by atoms with Crippen molar-refractivity contribution in [1.29, 1.82) is 0 Å². The van der Waals surface area contributed by atoms with E-state index < -0.39 is 0 Å². The summed E-state index contributed by atoms with van der Waals surface area (Å²) in [7, 11) is 0. The third-order valence-electron chi connectivity index (χ3n) is 2.85. The lowest BCUT2D eigenvalue weighted by Crippen LogP contribution is -1.95. The minimum atomic E-state index is 0.591. The lowest BCUT2D eigenvalue weighted by molar-refractivity contribution is 1.07. The molecule has 2 nitrogen and oxygen atoms in total. The fourth-order valence-corrected chi connectivity index (χ4v) is 2.58. The molecule has 0 aliphatic heterocycles. The largest absolute Gasteiger partial charge is 0.326 e.